The molecule has 0 unspecified atom stereocenters. The molecule has 3 N–H and O–H groups in total. The Balaban J connectivity index is 1.64. The van der Waals surface area contributed by atoms with Crippen LogP contribution < -0.4 is 16.6 Å². The second kappa shape index (κ2) is 8.43. The first-order valence-corrected chi connectivity index (χ1v) is 11.0. The summed E-state index contributed by atoms with van der Waals surface area (Å²) in [6.07, 6.45) is 3.54. The summed E-state index contributed by atoms with van der Waals surface area (Å²) in [5.41, 5.74) is 8.82. The lowest BCUT2D eigenvalue weighted by Gasteiger charge is -2.21. The molecule has 3 aromatic heterocycles. The van der Waals surface area contributed by atoms with Gasteiger partial charge in [-0.1, -0.05) is 43.3 Å². The van der Waals surface area contributed by atoms with Gasteiger partial charge in [0.1, 0.15) is 17.4 Å². The van der Waals surface area contributed by atoms with E-state index in [-0.39, 0.29) is 16.9 Å². The van der Waals surface area contributed by atoms with E-state index in [1.807, 2.05) is 68.4 Å². The van der Waals surface area contributed by atoms with Crippen molar-refractivity contribution in [3.63, 3.8) is 0 Å². The Kier molecular flexibility index (Phi) is 5.29. The zero-order chi connectivity index (χ0) is 23.8. The molecule has 0 bridgehead atoms. The highest BCUT2D eigenvalue weighted by Crippen LogP contribution is 2.24. The van der Waals surface area contributed by atoms with Gasteiger partial charge in [-0.3, -0.25) is 14.2 Å². The number of nitrogens with zero attached hydrogens (tertiary/aromatic N) is 5. The van der Waals surface area contributed by atoms with Gasteiger partial charge in [0.05, 0.1) is 17.6 Å². The van der Waals surface area contributed by atoms with Crippen LogP contribution in [0.5, 0.6) is 0 Å². The molecular weight excluding hydrogens is 430 g/mol. The molecule has 0 spiro atoms. The van der Waals surface area contributed by atoms with Crippen LogP contribution in [0.1, 0.15) is 41.5 Å². The summed E-state index contributed by atoms with van der Waals surface area (Å²) < 4.78 is 2.93. The van der Waals surface area contributed by atoms with E-state index in [9.17, 15) is 9.59 Å². The fraction of sp³-hybridized carbons (Fsp3) is 0.160. The SMILES string of the molecule is CCc1cccc2cc([C@H](C)NC(=O)c3c(N)nn4ncncc34)n(-c3ccccc3)c(=O)c12. The minimum Gasteiger partial charge on any atom is -0.381 e. The first-order valence-electron chi connectivity index (χ1n) is 11.0. The minimum atomic E-state index is -0.519. The van der Waals surface area contributed by atoms with Crippen molar-refractivity contribution in [2.24, 2.45) is 0 Å². The molecule has 9 heteroatoms. The van der Waals surface area contributed by atoms with Crippen molar-refractivity contribution in [1.82, 2.24) is 29.7 Å². The molecule has 0 aliphatic rings. The van der Waals surface area contributed by atoms with Gasteiger partial charge in [-0.15, -0.1) is 14.8 Å². The molecule has 0 aliphatic carbocycles. The maximum absolute atomic E-state index is 13.8. The average Bonchev–Trinajstić information content (AvgIpc) is 3.19. The molecule has 0 radical (unpaired) electrons. The molecule has 170 valence electrons. The van der Waals surface area contributed by atoms with Crippen LogP contribution in [0.3, 0.4) is 0 Å². The lowest BCUT2D eigenvalue weighted by Crippen LogP contribution is -2.32. The molecule has 34 heavy (non-hydrogen) atoms. The first-order chi connectivity index (χ1) is 16.5. The number of carbonyl (C=O) groups is 1. The molecule has 0 fully saturated rings. The van der Waals surface area contributed by atoms with E-state index in [1.165, 1.54) is 17.2 Å². The molecular formula is C25H23N7O2. The van der Waals surface area contributed by atoms with Gasteiger partial charge in [-0.05, 0) is 42.5 Å². The fourth-order valence-corrected chi connectivity index (χ4v) is 4.31. The Labute approximate surface area is 194 Å². The molecule has 2 aromatic carbocycles. The number of nitrogen functional groups attached to an aromatic ring is 1. The van der Waals surface area contributed by atoms with E-state index in [4.69, 9.17) is 5.73 Å². The number of fused-ring (bicyclic) bond motifs is 2. The molecule has 0 aliphatic heterocycles. The normalized spacial score (nSPS) is 12.2. The van der Waals surface area contributed by atoms with Gasteiger partial charge < -0.3 is 11.1 Å². The minimum absolute atomic E-state index is 0.0525. The zero-order valence-corrected chi connectivity index (χ0v) is 18.8. The number of hydrogen-bond donors (Lipinski definition) is 2. The van der Waals surface area contributed by atoms with E-state index < -0.39 is 11.9 Å². The van der Waals surface area contributed by atoms with E-state index in [1.54, 1.807) is 4.57 Å². The molecule has 5 rings (SSSR count). The number of amides is 1. The average molecular weight is 454 g/mol. The number of carbonyl (C=O) groups excluding carboxylic acids is 1. The van der Waals surface area contributed by atoms with Crippen molar-refractivity contribution in [3.05, 3.63) is 94.3 Å². The summed E-state index contributed by atoms with van der Waals surface area (Å²) in [7, 11) is 0. The van der Waals surface area contributed by atoms with Crippen LogP contribution in [0, 0.1) is 0 Å². The van der Waals surface area contributed by atoms with Crippen LogP contribution >= 0.6 is 0 Å². The quantitative estimate of drug-likeness (QED) is 0.422. The van der Waals surface area contributed by atoms with Gasteiger partial charge in [0.25, 0.3) is 11.5 Å². The topological polar surface area (TPSA) is 120 Å². The van der Waals surface area contributed by atoms with E-state index in [0.717, 1.165) is 23.1 Å². The van der Waals surface area contributed by atoms with Crippen LogP contribution in [0.25, 0.3) is 22.0 Å². The molecule has 3 heterocycles. The summed E-state index contributed by atoms with van der Waals surface area (Å²) in [5.74, 6) is -0.374. The van der Waals surface area contributed by atoms with Gasteiger partial charge in [0.15, 0.2) is 5.82 Å². The third kappa shape index (κ3) is 3.47. The molecule has 1 atom stereocenters. The summed E-state index contributed by atoms with van der Waals surface area (Å²) in [6, 6.07) is 16.7. The summed E-state index contributed by atoms with van der Waals surface area (Å²) in [5, 5.41) is 12.6. The fourth-order valence-electron chi connectivity index (χ4n) is 4.31. The standard InChI is InChI=1S/C25H23N7O2/c1-3-16-8-7-9-17-12-19(31(25(34)21(16)17)18-10-5-4-6-11-18)15(2)29-24(33)22-20-13-27-14-28-32(20)30-23(22)26/h4-15H,3H2,1-2H3,(H2,26,30)(H,29,33)/t15-/m0/s1. The Bertz CT molecular complexity index is 1590. The maximum Gasteiger partial charge on any atom is 0.263 e. The smallest absolute Gasteiger partial charge is 0.263 e. The number of rotatable bonds is 5. The second-order valence-electron chi connectivity index (χ2n) is 8.02. The third-order valence-corrected chi connectivity index (χ3v) is 5.93. The number of nitrogens with one attached hydrogen (secondary N) is 1. The van der Waals surface area contributed by atoms with Crippen LogP contribution in [0.4, 0.5) is 5.82 Å². The van der Waals surface area contributed by atoms with Crippen LogP contribution in [0.2, 0.25) is 0 Å². The van der Waals surface area contributed by atoms with Crippen LogP contribution in [-0.4, -0.2) is 30.3 Å². The van der Waals surface area contributed by atoms with E-state index in [0.29, 0.717) is 16.6 Å². The summed E-state index contributed by atoms with van der Waals surface area (Å²) in [6.45, 7) is 3.86. The van der Waals surface area contributed by atoms with Gasteiger partial charge in [0.2, 0.25) is 0 Å². The number of anilines is 1. The number of pyridine rings is 1. The van der Waals surface area contributed by atoms with Gasteiger partial charge in [0, 0.05) is 11.4 Å². The van der Waals surface area contributed by atoms with Crippen molar-refractivity contribution in [2.75, 3.05) is 5.73 Å². The highest BCUT2D eigenvalue weighted by molar-refractivity contribution is 6.05. The predicted octanol–water partition coefficient (Wildman–Crippen LogP) is 3.06. The lowest BCUT2D eigenvalue weighted by atomic mass is 10.0. The van der Waals surface area contributed by atoms with Gasteiger partial charge in [-0.25, -0.2) is 4.98 Å². The molecule has 9 nitrogen and oxygen atoms in total. The van der Waals surface area contributed by atoms with Crippen LogP contribution in [-0.2, 0) is 6.42 Å². The zero-order valence-electron chi connectivity index (χ0n) is 18.8. The molecule has 5 aromatic rings. The molecule has 0 saturated heterocycles. The van der Waals surface area contributed by atoms with Gasteiger partial charge >= 0.3 is 0 Å². The van der Waals surface area contributed by atoms with Crippen molar-refractivity contribution in [3.8, 4) is 5.69 Å². The number of hydrogen-bond acceptors (Lipinski definition) is 6. The Morgan fingerprint density at radius 1 is 1.15 bits per heavy atom. The van der Waals surface area contributed by atoms with Crippen molar-refractivity contribution in [1.29, 1.82) is 0 Å². The van der Waals surface area contributed by atoms with Crippen molar-refractivity contribution < 1.29 is 4.79 Å². The van der Waals surface area contributed by atoms with Gasteiger partial charge in [-0.2, -0.15) is 0 Å². The molecule has 1 amide bonds. The number of nitrogens with two attached hydrogens (primary N) is 1. The third-order valence-electron chi connectivity index (χ3n) is 5.93. The number of para-hydroxylation sites is 1. The lowest BCUT2D eigenvalue weighted by molar-refractivity contribution is 0.0941. The Morgan fingerprint density at radius 2 is 1.94 bits per heavy atom. The first kappa shape index (κ1) is 21.3. The van der Waals surface area contributed by atoms with E-state index >= 15 is 0 Å². The highest BCUT2D eigenvalue weighted by Gasteiger charge is 2.23. The van der Waals surface area contributed by atoms with Crippen molar-refractivity contribution >= 4 is 28.0 Å². The number of aromatic nitrogens is 5. The number of aryl methyl sites for hydroxylation is 1. The predicted molar refractivity (Wildman–Crippen MR) is 130 cm³/mol. The van der Waals surface area contributed by atoms with Crippen molar-refractivity contribution in [2.45, 2.75) is 26.3 Å². The second-order valence-corrected chi connectivity index (χ2v) is 8.02. The van der Waals surface area contributed by atoms with Crippen LogP contribution in [0.15, 0.2) is 71.9 Å². The largest absolute Gasteiger partial charge is 0.381 e. The summed E-state index contributed by atoms with van der Waals surface area (Å²) in [4.78, 5) is 31.0. The Hall–Kier alpha value is -4.53. The summed E-state index contributed by atoms with van der Waals surface area (Å²) >= 11 is 0. The maximum atomic E-state index is 13.8. The number of benzene rings is 2. The monoisotopic (exact) mass is 453 g/mol. The van der Waals surface area contributed by atoms with E-state index in [2.05, 4.69) is 20.5 Å². The Morgan fingerprint density at radius 3 is 2.71 bits per heavy atom. The highest BCUT2D eigenvalue weighted by atomic mass is 16.2. The molecule has 0 saturated carbocycles.